The second kappa shape index (κ2) is 7.18. The number of esters is 1. The van der Waals surface area contributed by atoms with Gasteiger partial charge in [0.1, 0.15) is 0 Å². The first-order chi connectivity index (χ1) is 12.1. The number of nitro groups is 1. The molecular formula is C17H13N3O4S. The van der Waals surface area contributed by atoms with E-state index in [-0.39, 0.29) is 5.69 Å². The fourth-order valence-electron chi connectivity index (χ4n) is 2.19. The van der Waals surface area contributed by atoms with Gasteiger partial charge in [0.05, 0.1) is 28.6 Å². The molecule has 0 radical (unpaired) electrons. The van der Waals surface area contributed by atoms with Crippen LogP contribution in [0.3, 0.4) is 0 Å². The Morgan fingerprint density at radius 1 is 1.36 bits per heavy atom. The van der Waals surface area contributed by atoms with Crippen LogP contribution in [0.15, 0.2) is 64.9 Å². The third kappa shape index (κ3) is 3.69. The van der Waals surface area contributed by atoms with Gasteiger partial charge in [0.25, 0.3) is 5.69 Å². The van der Waals surface area contributed by atoms with Crippen LogP contribution in [0.5, 0.6) is 0 Å². The van der Waals surface area contributed by atoms with Crippen LogP contribution in [0.2, 0.25) is 0 Å². The molecule has 0 aliphatic rings. The number of benzene rings is 1. The summed E-state index contributed by atoms with van der Waals surface area (Å²) in [5.41, 5.74) is 1.39. The van der Waals surface area contributed by atoms with Crippen molar-refractivity contribution in [1.29, 1.82) is 0 Å². The summed E-state index contributed by atoms with van der Waals surface area (Å²) in [6, 6.07) is 10.4. The monoisotopic (exact) mass is 355 g/mol. The lowest BCUT2D eigenvalue weighted by Gasteiger charge is -2.04. The first-order valence-electron chi connectivity index (χ1n) is 7.23. The van der Waals surface area contributed by atoms with Crippen molar-refractivity contribution < 1.29 is 14.5 Å². The minimum atomic E-state index is -0.523. The van der Waals surface area contributed by atoms with Crippen molar-refractivity contribution in [3.63, 3.8) is 0 Å². The number of pyridine rings is 1. The third-order valence-corrected chi connectivity index (χ3v) is 4.45. The molecule has 3 rings (SSSR count). The lowest BCUT2D eigenvalue weighted by Crippen LogP contribution is -1.95. The average Bonchev–Trinajstić information content (AvgIpc) is 3.03. The van der Waals surface area contributed by atoms with Crippen LogP contribution in [0.1, 0.15) is 5.56 Å². The summed E-state index contributed by atoms with van der Waals surface area (Å²) in [5, 5.41) is 12.0. The zero-order chi connectivity index (χ0) is 17.8. The van der Waals surface area contributed by atoms with Crippen LogP contribution in [0.4, 0.5) is 5.69 Å². The van der Waals surface area contributed by atoms with Crippen LogP contribution in [0, 0.1) is 10.1 Å². The van der Waals surface area contributed by atoms with Gasteiger partial charge in [0.15, 0.2) is 5.16 Å². The minimum absolute atomic E-state index is 0.0512. The van der Waals surface area contributed by atoms with Crippen molar-refractivity contribution in [3.05, 3.63) is 70.5 Å². The molecule has 0 aliphatic heterocycles. The molecule has 0 saturated carbocycles. The number of hydrogen-bond donors (Lipinski definition) is 0. The highest BCUT2D eigenvalue weighted by Gasteiger charge is 2.17. The van der Waals surface area contributed by atoms with E-state index < -0.39 is 10.9 Å². The number of methoxy groups -OCH3 is 1. The number of fused-ring (bicyclic) bond motifs is 1. The number of hydrogen-bond acceptors (Lipinski definition) is 6. The highest BCUT2D eigenvalue weighted by atomic mass is 32.2. The van der Waals surface area contributed by atoms with Gasteiger partial charge in [0, 0.05) is 18.3 Å². The Hall–Kier alpha value is -3.13. The minimum Gasteiger partial charge on any atom is -0.466 e. The van der Waals surface area contributed by atoms with Gasteiger partial charge in [-0.1, -0.05) is 12.1 Å². The van der Waals surface area contributed by atoms with Crippen molar-refractivity contribution in [2.24, 2.45) is 0 Å². The van der Waals surface area contributed by atoms with Crippen molar-refractivity contribution in [1.82, 2.24) is 9.38 Å². The first-order valence-corrected chi connectivity index (χ1v) is 8.04. The SMILES string of the molecule is COC(=O)/C=C/c1ccc(Sc2ncc3ccccn23)c([N+](=O)[O-])c1. The van der Waals surface area contributed by atoms with Gasteiger partial charge in [-0.25, -0.2) is 9.78 Å². The summed E-state index contributed by atoms with van der Waals surface area (Å²) >= 11 is 1.21. The number of carbonyl (C=O) groups is 1. The fourth-order valence-corrected chi connectivity index (χ4v) is 3.13. The predicted molar refractivity (Wildman–Crippen MR) is 93.5 cm³/mol. The highest BCUT2D eigenvalue weighted by molar-refractivity contribution is 7.99. The molecule has 7 nitrogen and oxygen atoms in total. The molecule has 0 unspecified atom stereocenters. The van der Waals surface area contributed by atoms with Crippen molar-refractivity contribution >= 4 is 35.0 Å². The van der Waals surface area contributed by atoms with E-state index in [1.807, 2.05) is 28.8 Å². The summed E-state index contributed by atoms with van der Waals surface area (Å²) < 4.78 is 6.37. The number of nitro benzene ring substituents is 1. The van der Waals surface area contributed by atoms with E-state index in [1.165, 1.54) is 37.1 Å². The molecule has 0 bridgehead atoms. The molecule has 126 valence electrons. The molecule has 3 aromatic rings. The summed E-state index contributed by atoms with van der Waals surface area (Å²) in [4.78, 5) is 26.9. The smallest absolute Gasteiger partial charge is 0.330 e. The summed E-state index contributed by atoms with van der Waals surface area (Å²) in [6.45, 7) is 0. The van der Waals surface area contributed by atoms with E-state index in [1.54, 1.807) is 18.3 Å². The van der Waals surface area contributed by atoms with Gasteiger partial charge >= 0.3 is 5.97 Å². The summed E-state index contributed by atoms with van der Waals surface area (Å²) in [7, 11) is 1.27. The van der Waals surface area contributed by atoms with Gasteiger partial charge in [-0.15, -0.1) is 0 Å². The van der Waals surface area contributed by atoms with Crippen LogP contribution in [-0.2, 0) is 9.53 Å². The zero-order valence-electron chi connectivity index (χ0n) is 13.2. The molecule has 2 heterocycles. The van der Waals surface area contributed by atoms with Crippen LogP contribution in [0.25, 0.3) is 11.6 Å². The lowest BCUT2D eigenvalue weighted by atomic mass is 10.2. The number of imidazole rings is 1. The van der Waals surface area contributed by atoms with E-state index in [0.29, 0.717) is 15.6 Å². The topological polar surface area (TPSA) is 86.7 Å². The second-order valence-electron chi connectivity index (χ2n) is 4.98. The Morgan fingerprint density at radius 2 is 2.20 bits per heavy atom. The molecular weight excluding hydrogens is 342 g/mol. The number of nitrogens with zero attached hydrogens (tertiary/aromatic N) is 3. The van der Waals surface area contributed by atoms with Crippen LogP contribution >= 0.6 is 11.8 Å². The number of rotatable bonds is 5. The molecule has 8 heteroatoms. The Bertz CT molecular complexity index is 981. The predicted octanol–water partition coefficient (Wildman–Crippen LogP) is 3.58. The molecule has 25 heavy (non-hydrogen) atoms. The van der Waals surface area contributed by atoms with Gasteiger partial charge in [0.2, 0.25) is 0 Å². The number of ether oxygens (including phenoxy) is 1. The highest BCUT2D eigenvalue weighted by Crippen LogP contribution is 2.35. The van der Waals surface area contributed by atoms with Gasteiger partial charge in [-0.2, -0.15) is 0 Å². The molecule has 0 N–H and O–H groups in total. The Morgan fingerprint density at radius 3 is 2.96 bits per heavy atom. The average molecular weight is 355 g/mol. The van der Waals surface area contributed by atoms with Gasteiger partial charge in [-0.3, -0.25) is 14.5 Å². The normalized spacial score (nSPS) is 11.1. The van der Waals surface area contributed by atoms with E-state index in [0.717, 1.165) is 5.52 Å². The zero-order valence-corrected chi connectivity index (χ0v) is 14.0. The van der Waals surface area contributed by atoms with Crippen molar-refractivity contribution in [2.75, 3.05) is 7.11 Å². The molecule has 0 atom stereocenters. The second-order valence-corrected chi connectivity index (χ2v) is 5.99. The quantitative estimate of drug-likeness (QED) is 0.301. The van der Waals surface area contributed by atoms with Crippen molar-refractivity contribution in [3.8, 4) is 0 Å². The third-order valence-electron chi connectivity index (χ3n) is 3.40. The van der Waals surface area contributed by atoms with Crippen LogP contribution < -0.4 is 0 Å². The maximum absolute atomic E-state index is 11.4. The maximum Gasteiger partial charge on any atom is 0.330 e. The maximum atomic E-state index is 11.4. The Kier molecular flexibility index (Phi) is 4.80. The van der Waals surface area contributed by atoms with E-state index in [4.69, 9.17) is 0 Å². The van der Waals surface area contributed by atoms with Gasteiger partial charge in [-0.05, 0) is 41.6 Å². The molecule has 0 fully saturated rings. The molecule has 0 spiro atoms. The largest absolute Gasteiger partial charge is 0.466 e. The van der Waals surface area contributed by atoms with E-state index in [9.17, 15) is 14.9 Å². The van der Waals surface area contributed by atoms with Crippen molar-refractivity contribution in [2.45, 2.75) is 10.1 Å². The molecule has 2 aromatic heterocycles. The number of aromatic nitrogens is 2. The fraction of sp³-hybridized carbons (Fsp3) is 0.0588. The van der Waals surface area contributed by atoms with Crippen LogP contribution in [-0.4, -0.2) is 27.4 Å². The first kappa shape index (κ1) is 16.7. The molecule has 0 saturated heterocycles. The lowest BCUT2D eigenvalue weighted by molar-refractivity contribution is -0.387. The molecule has 0 amide bonds. The molecule has 1 aromatic carbocycles. The van der Waals surface area contributed by atoms with E-state index >= 15 is 0 Å². The number of carbonyl (C=O) groups excluding carboxylic acids is 1. The Balaban J connectivity index is 1.94. The standard InChI is InChI=1S/C17H13N3O4S/c1-24-16(21)8-6-12-5-7-15(14(10-12)20(22)23)25-17-18-11-13-4-2-3-9-19(13)17/h2-11H,1H3/b8-6+. The summed E-state index contributed by atoms with van der Waals surface area (Å²) in [5.74, 6) is -0.523. The molecule has 0 aliphatic carbocycles. The van der Waals surface area contributed by atoms with E-state index in [2.05, 4.69) is 9.72 Å². The van der Waals surface area contributed by atoms with Gasteiger partial charge < -0.3 is 4.74 Å². The summed E-state index contributed by atoms with van der Waals surface area (Å²) in [6.07, 6.45) is 6.25. The Labute approximate surface area is 147 Å².